The molecule has 1 aliphatic heterocycles. The number of nitrogens with zero attached hydrogens (tertiary/aromatic N) is 1. The zero-order valence-corrected chi connectivity index (χ0v) is 12.5. The number of anilines is 1. The SMILES string of the molecule is COC(=O)c1cc(C(=O)OC)cc(N2CCCS2(=O)=O)c1. The van der Waals surface area contributed by atoms with Gasteiger partial charge in [-0.25, -0.2) is 18.0 Å². The molecule has 114 valence electrons. The minimum absolute atomic E-state index is 0.0447. The Morgan fingerprint density at radius 3 is 1.95 bits per heavy atom. The highest BCUT2D eigenvalue weighted by molar-refractivity contribution is 7.93. The molecule has 7 nitrogen and oxygen atoms in total. The van der Waals surface area contributed by atoms with Crippen LogP contribution in [0, 0.1) is 0 Å². The lowest BCUT2D eigenvalue weighted by Gasteiger charge is -2.18. The van der Waals surface area contributed by atoms with Crippen LogP contribution in [0.5, 0.6) is 0 Å². The molecule has 0 amide bonds. The van der Waals surface area contributed by atoms with Crippen LogP contribution in [0.3, 0.4) is 0 Å². The monoisotopic (exact) mass is 313 g/mol. The molecule has 1 saturated heterocycles. The summed E-state index contributed by atoms with van der Waals surface area (Å²) in [5, 5.41) is 0. The van der Waals surface area contributed by atoms with Crippen molar-refractivity contribution < 1.29 is 27.5 Å². The number of carbonyl (C=O) groups is 2. The summed E-state index contributed by atoms with van der Waals surface area (Å²) in [4.78, 5) is 23.3. The first-order chi connectivity index (χ1) is 9.89. The maximum atomic E-state index is 12.0. The second kappa shape index (κ2) is 5.72. The first kappa shape index (κ1) is 15.3. The summed E-state index contributed by atoms with van der Waals surface area (Å²) in [6.07, 6.45) is 0.498. The van der Waals surface area contributed by atoms with Crippen molar-refractivity contribution in [2.45, 2.75) is 6.42 Å². The largest absolute Gasteiger partial charge is 0.465 e. The Morgan fingerprint density at radius 2 is 1.57 bits per heavy atom. The van der Waals surface area contributed by atoms with Crippen molar-refractivity contribution in [1.82, 2.24) is 0 Å². The molecule has 0 saturated carbocycles. The molecule has 0 bridgehead atoms. The molecule has 21 heavy (non-hydrogen) atoms. The zero-order valence-electron chi connectivity index (χ0n) is 11.7. The van der Waals surface area contributed by atoms with Gasteiger partial charge in [0.2, 0.25) is 10.0 Å². The van der Waals surface area contributed by atoms with Gasteiger partial charge in [0.05, 0.1) is 36.8 Å². The fourth-order valence-electron chi connectivity index (χ4n) is 2.16. The van der Waals surface area contributed by atoms with E-state index in [2.05, 4.69) is 9.47 Å². The molecule has 1 aromatic carbocycles. The standard InChI is InChI=1S/C13H15NO6S/c1-19-12(15)9-6-10(13(16)20-2)8-11(7-9)14-4-3-5-21(14,17)18/h6-8H,3-5H2,1-2H3. The lowest BCUT2D eigenvalue weighted by Crippen LogP contribution is -2.25. The van der Waals surface area contributed by atoms with E-state index in [0.29, 0.717) is 13.0 Å². The number of hydrogen-bond donors (Lipinski definition) is 0. The Labute approximate surface area is 122 Å². The van der Waals surface area contributed by atoms with E-state index < -0.39 is 22.0 Å². The van der Waals surface area contributed by atoms with Gasteiger partial charge in [-0.3, -0.25) is 4.31 Å². The quantitative estimate of drug-likeness (QED) is 0.767. The Balaban J connectivity index is 2.55. The van der Waals surface area contributed by atoms with Crippen LogP contribution in [0.2, 0.25) is 0 Å². The topological polar surface area (TPSA) is 90.0 Å². The first-order valence-corrected chi connectivity index (χ1v) is 7.82. The normalized spacial score (nSPS) is 16.6. The maximum absolute atomic E-state index is 12.0. The molecule has 0 unspecified atom stereocenters. The van der Waals surface area contributed by atoms with Gasteiger partial charge in [-0.2, -0.15) is 0 Å². The Hall–Kier alpha value is -2.09. The van der Waals surface area contributed by atoms with Crippen LogP contribution in [0.15, 0.2) is 18.2 Å². The van der Waals surface area contributed by atoms with Gasteiger partial charge in [0.25, 0.3) is 0 Å². The number of rotatable bonds is 3. The van der Waals surface area contributed by atoms with Gasteiger partial charge in [0.15, 0.2) is 0 Å². The highest BCUT2D eigenvalue weighted by Crippen LogP contribution is 2.27. The summed E-state index contributed by atoms with van der Waals surface area (Å²) in [5.41, 5.74) is 0.450. The van der Waals surface area contributed by atoms with Gasteiger partial charge >= 0.3 is 11.9 Å². The molecule has 2 rings (SSSR count). The van der Waals surface area contributed by atoms with E-state index in [1.54, 1.807) is 0 Å². The highest BCUT2D eigenvalue weighted by atomic mass is 32.2. The number of benzene rings is 1. The average Bonchev–Trinajstić information content (AvgIpc) is 2.84. The molecular formula is C13H15NO6S. The molecule has 0 radical (unpaired) electrons. The summed E-state index contributed by atoms with van der Waals surface area (Å²) < 4.78 is 34.3. The third-order valence-electron chi connectivity index (χ3n) is 3.15. The van der Waals surface area contributed by atoms with Crippen molar-refractivity contribution in [2.24, 2.45) is 0 Å². The summed E-state index contributed by atoms with van der Waals surface area (Å²) >= 11 is 0. The summed E-state index contributed by atoms with van der Waals surface area (Å²) in [6, 6.07) is 4.09. The highest BCUT2D eigenvalue weighted by Gasteiger charge is 2.29. The molecule has 0 aliphatic carbocycles. The second-order valence-corrected chi connectivity index (χ2v) is 6.51. The molecule has 1 aromatic rings. The van der Waals surface area contributed by atoms with E-state index in [9.17, 15) is 18.0 Å². The van der Waals surface area contributed by atoms with Crippen molar-refractivity contribution in [3.8, 4) is 0 Å². The molecule has 0 spiro atoms. The Kier molecular flexibility index (Phi) is 4.17. The van der Waals surface area contributed by atoms with Gasteiger partial charge < -0.3 is 9.47 Å². The van der Waals surface area contributed by atoms with E-state index >= 15 is 0 Å². The third kappa shape index (κ3) is 2.99. The van der Waals surface area contributed by atoms with Crippen molar-refractivity contribution >= 4 is 27.6 Å². The number of sulfonamides is 1. The predicted octanol–water partition coefficient (Wildman–Crippen LogP) is 0.800. The predicted molar refractivity (Wildman–Crippen MR) is 74.9 cm³/mol. The smallest absolute Gasteiger partial charge is 0.337 e. The van der Waals surface area contributed by atoms with Crippen molar-refractivity contribution in [1.29, 1.82) is 0 Å². The number of ether oxygens (including phenoxy) is 2. The van der Waals surface area contributed by atoms with Crippen LogP contribution in [-0.4, -0.2) is 46.9 Å². The van der Waals surface area contributed by atoms with Gasteiger partial charge in [-0.1, -0.05) is 0 Å². The van der Waals surface area contributed by atoms with E-state index in [1.165, 1.54) is 36.7 Å². The first-order valence-electron chi connectivity index (χ1n) is 6.21. The Bertz CT molecular complexity index is 648. The van der Waals surface area contributed by atoms with E-state index in [1.807, 2.05) is 0 Å². The fraction of sp³-hybridized carbons (Fsp3) is 0.385. The van der Waals surface area contributed by atoms with Crippen LogP contribution < -0.4 is 4.31 Å². The zero-order chi connectivity index (χ0) is 15.6. The molecule has 1 fully saturated rings. The lowest BCUT2D eigenvalue weighted by molar-refractivity contribution is 0.0599. The number of hydrogen-bond acceptors (Lipinski definition) is 6. The van der Waals surface area contributed by atoms with E-state index in [-0.39, 0.29) is 22.6 Å². The Morgan fingerprint density at radius 1 is 1.05 bits per heavy atom. The fourth-order valence-corrected chi connectivity index (χ4v) is 3.70. The molecule has 1 aliphatic rings. The van der Waals surface area contributed by atoms with Crippen LogP contribution in [0.4, 0.5) is 5.69 Å². The lowest BCUT2D eigenvalue weighted by atomic mass is 10.1. The maximum Gasteiger partial charge on any atom is 0.337 e. The van der Waals surface area contributed by atoms with Crippen LogP contribution >= 0.6 is 0 Å². The molecule has 0 aromatic heterocycles. The molecular weight excluding hydrogens is 298 g/mol. The average molecular weight is 313 g/mol. The van der Waals surface area contributed by atoms with E-state index in [0.717, 1.165) is 0 Å². The van der Waals surface area contributed by atoms with Gasteiger partial charge in [0.1, 0.15) is 0 Å². The number of carbonyl (C=O) groups excluding carboxylic acids is 2. The molecule has 0 atom stereocenters. The number of methoxy groups -OCH3 is 2. The summed E-state index contributed by atoms with van der Waals surface area (Å²) in [5.74, 6) is -1.26. The molecule has 0 N–H and O–H groups in total. The van der Waals surface area contributed by atoms with Crippen molar-refractivity contribution in [3.05, 3.63) is 29.3 Å². The van der Waals surface area contributed by atoms with Crippen LogP contribution in [0.25, 0.3) is 0 Å². The molecule has 8 heteroatoms. The van der Waals surface area contributed by atoms with Crippen molar-refractivity contribution in [3.63, 3.8) is 0 Å². The third-order valence-corrected chi connectivity index (χ3v) is 5.02. The van der Waals surface area contributed by atoms with Crippen LogP contribution in [-0.2, 0) is 19.5 Å². The van der Waals surface area contributed by atoms with E-state index in [4.69, 9.17) is 0 Å². The second-order valence-electron chi connectivity index (χ2n) is 4.49. The minimum atomic E-state index is -3.41. The van der Waals surface area contributed by atoms with Gasteiger partial charge in [0, 0.05) is 6.54 Å². The van der Waals surface area contributed by atoms with Crippen LogP contribution in [0.1, 0.15) is 27.1 Å². The summed E-state index contributed by atoms with van der Waals surface area (Å²) in [7, 11) is -0.994. The van der Waals surface area contributed by atoms with Crippen molar-refractivity contribution in [2.75, 3.05) is 30.8 Å². The minimum Gasteiger partial charge on any atom is -0.465 e. The van der Waals surface area contributed by atoms with Gasteiger partial charge in [-0.05, 0) is 24.6 Å². The number of esters is 2. The van der Waals surface area contributed by atoms with Gasteiger partial charge in [-0.15, -0.1) is 0 Å². The molecule has 1 heterocycles. The summed E-state index contributed by atoms with van der Waals surface area (Å²) in [6.45, 7) is 0.313.